The van der Waals surface area contributed by atoms with Gasteiger partial charge in [0.05, 0.1) is 24.8 Å². The van der Waals surface area contributed by atoms with Crippen molar-refractivity contribution in [3.63, 3.8) is 0 Å². The summed E-state index contributed by atoms with van der Waals surface area (Å²) >= 11 is 6.03. The van der Waals surface area contributed by atoms with Crippen LogP contribution in [0.3, 0.4) is 0 Å². The normalized spacial score (nSPS) is 13.9. The van der Waals surface area contributed by atoms with Gasteiger partial charge in [-0.2, -0.15) is 5.10 Å². The van der Waals surface area contributed by atoms with Crippen molar-refractivity contribution in [2.24, 2.45) is 4.99 Å². The van der Waals surface area contributed by atoms with Crippen LogP contribution in [-0.2, 0) is 6.54 Å². The van der Waals surface area contributed by atoms with Crippen LogP contribution < -0.4 is 10.6 Å². The van der Waals surface area contributed by atoms with E-state index in [1.807, 2.05) is 41.2 Å². The summed E-state index contributed by atoms with van der Waals surface area (Å²) in [6.07, 6.45) is 1.85. The highest BCUT2D eigenvalue weighted by atomic mass is 35.5. The number of hydrogen-bond acceptors (Lipinski definition) is 4. The fourth-order valence-electron chi connectivity index (χ4n) is 2.72. The lowest BCUT2D eigenvalue weighted by Gasteiger charge is -2.09. The Bertz CT molecular complexity index is 884. The summed E-state index contributed by atoms with van der Waals surface area (Å²) in [6.45, 7) is 2.42. The van der Waals surface area contributed by atoms with Crippen LogP contribution in [0.4, 0.5) is 5.69 Å². The topological polar surface area (TPSA) is 54.2 Å². The first-order chi connectivity index (χ1) is 11.3. The molecule has 2 N–H and O–H groups in total. The zero-order valence-electron chi connectivity index (χ0n) is 12.5. The number of aromatic nitrogens is 2. The van der Waals surface area contributed by atoms with Gasteiger partial charge in [-0.05, 0) is 35.9 Å². The molecule has 0 unspecified atom stereocenters. The Kier molecular flexibility index (Phi) is 3.63. The van der Waals surface area contributed by atoms with Crippen LogP contribution in [0.1, 0.15) is 5.56 Å². The van der Waals surface area contributed by atoms with E-state index in [9.17, 15) is 0 Å². The van der Waals surface area contributed by atoms with Crippen LogP contribution in [0.2, 0.25) is 5.02 Å². The van der Waals surface area contributed by atoms with E-state index in [1.54, 1.807) is 0 Å². The van der Waals surface area contributed by atoms with E-state index in [0.29, 0.717) is 6.54 Å². The summed E-state index contributed by atoms with van der Waals surface area (Å²) in [7, 11) is 0. The number of fused-ring (bicyclic) bond motifs is 1. The number of nitrogens with zero attached hydrogens (tertiary/aromatic N) is 3. The fourth-order valence-corrected chi connectivity index (χ4v) is 2.90. The standard InChI is InChI=1S/C17H16ClN5/c18-14-4-5-16-13(9-14)10-21-23(16)11-12-2-1-3-15(8-12)22-17-19-6-7-20-17/h1-5,8-10H,6-7,11H2,(H2,19,20,22). The molecule has 1 aromatic heterocycles. The van der Waals surface area contributed by atoms with E-state index < -0.39 is 0 Å². The predicted molar refractivity (Wildman–Crippen MR) is 94.2 cm³/mol. The maximum absolute atomic E-state index is 6.03. The Labute approximate surface area is 139 Å². The minimum atomic E-state index is 0.709. The number of nitrogens with one attached hydrogen (secondary N) is 2. The summed E-state index contributed by atoms with van der Waals surface area (Å²) in [6, 6.07) is 14.1. The lowest BCUT2D eigenvalue weighted by atomic mass is 10.2. The van der Waals surface area contributed by atoms with Gasteiger partial charge in [0, 0.05) is 22.6 Å². The monoisotopic (exact) mass is 325 g/mol. The van der Waals surface area contributed by atoms with Gasteiger partial charge in [0.2, 0.25) is 0 Å². The molecule has 0 bridgehead atoms. The number of guanidine groups is 1. The first-order valence-electron chi connectivity index (χ1n) is 7.53. The van der Waals surface area contributed by atoms with Crippen LogP contribution in [0, 0.1) is 0 Å². The number of rotatable bonds is 3. The van der Waals surface area contributed by atoms with Gasteiger partial charge in [-0.15, -0.1) is 0 Å². The van der Waals surface area contributed by atoms with Crippen molar-refractivity contribution in [1.82, 2.24) is 15.1 Å². The second-order valence-corrected chi connectivity index (χ2v) is 5.92. The molecule has 4 rings (SSSR count). The highest BCUT2D eigenvalue weighted by molar-refractivity contribution is 6.31. The molecule has 23 heavy (non-hydrogen) atoms. The van der Waals surface area contributed by atoms with Crippen molar-refractivity contribution >= 4 is 34.2 Å². The Morgan fingerprint density at radius 1 is 1.22 bits per heavy atom. The molecule has 0 aliphatic carbocycles. The van der Waals surface area contributed by atoms with Crippen LogP contribution in [0.25, 0.3) is 10.9 Å². The molecular formula is C17H16ClN5. The second-order valence-electron chi connectivity index (χ2n) is 5.49. The largest absolute Gasteiger partial charge is 0.354 e. The Balaban J connectivity index is 1.58. The van der Waals surface area contributed by atoms with Crippen molar-refractivity contribution < 1.29 is 0 Å². The maximum atomic E-state index is 6.03. The van der Waals surface area contributed by atoms with Gasteiger partial charge >= 0.3 is 0 Å². The second kappa shape index (κ2) is 5.93. The molecule has 2 aromatic carbocycles. The highest BCUT2D eigenvalue weighted by Crippen LogP contribution is 2.20. The Morgan fingerprint density at radius 2 is 2.17 bits per heavy atom. The summed E-state index contributed by atoms with van der Waals surface area (Å²) in [5.41, 5.74) is 3.28. The molecule has 0 atom stereocenters. The molecule has 5 nitrogen and oxygen atoms in total. The lowest BCUT2D eigenvalue weighted by Crippen LogP contribution is -2.26. The van der Waals surface area contributed by atoms with Crippen molar-refractivity contribution in [2.45, 2.75) is 6.54 Å². The molecule has 1 aliphatic rings. The molecule has 0 spiro atoms. The molecule has 0 saturated heterocycles. The third kappa shape index (κ3) is 3.00. The average molecular weight is 326 g/mol. The van der Waals surface area contributed by atoms with E-state index in [4.69, 9.17) is 11.6 Å². The van der Waals surface area contributed by atoms with E-state index >= 15 is 0 Å². The summed E-state index contributed by atoms with van der Waals surface area (Å²) in [4.78, 5) is 4.35. The molecule has 0 saturated carbocycles. The first-order valence-corrected chi connectivity index (χ1v) is 7.91. The van der Waals surface area contributed by atoms with E-state index in [1.165, 1.54) is 5.56 Å². The molecular weight excluding hydrogens is 310 g/mol. The minimum Gasteiger partial charge on any atom is -0.354 e. The number of hydrogen-bond donors (Lipinski definition) is 2. The van der Waals surface area contributed by atoms with Gasteiger partial charge in [-0.25, -0.2) is 0 Å². The van der Waals surface area contributed by atoms with Crippen molar-refractivity contribution in [3.05, 3.63) is 59.2 Å². The number of benzene rings is 2. The average Bonchev–Trinajstić information content (AvgIpc) is 3.18. The number of anilines is 1. The maximum Gasteiger partial charge on any atom is 0.195 e. The van der Waals surface area contributed by atoms with Gasteiger partial charge in [-0.3, -0.25) is 9.67 Å². The predicted octanol–water partition coefficient (Wildman–Crippen LogP) is 3.11. The SMILES string of the molecule is Clc1ccc2c(cnn2Cc2cccc(NC3=NCCN3)c2)c1. The number of aliphatic imine (C=N–C) groups is 1. The summed E-state index contributed by atoms with van der Waals surface area (Å²) in [5, 5.41) is 12.8. The summed E-state index contributed by atoms with van der Waals surface area (Å²) < 4.78 is 1.98. The van der Waals surface area contributed by atoms with Crippen molar-refractivity contribution in [2.75, 3.05) is 18.4 Å². The lowest BCUT2D eigenvalue weighted by molar-refractivity contribution is 0.712. The smallest absolute Gasteiger partial charge is 0.195 e. The molecule has 2 heterocycles. The molecule has 3 aromatic rings. The van der Waals surface area contributed by atoms with Gasteiger partial charge in [0.25, 0.3) is 0 Å². The quantitative estimate of drug-likeness (QED) is 0.778. The van der Waals surface area contributed by atoms with Gasteiger partial charge in [0.1, 0.15) is 0 Å². The van der Waals surface area contributed by atoms with Crippen molar-refractivity contribution in [3.8, 4) is 0 Å². The van der Waals surface area contributed by atoms with Crippen molar-refractivity contribution in [1.29, 1.82) is 0 Å². The van der Waals surface area contributed by atoms with Crippen LogP contribution in [0.5, 0.6) is 0 Å². The van der Waals surface area contributed by atoms with Crippen LogP contribution in [-0.4, -0.2) is 28.8 Å². The molecule has 0 amide bonds. The van der Waals surface area contributed by atoms with Crippen LogP contribution >= 0.6 is 11.6 Å². The zero-order valence-corrected chi connectivity index (χ0v) is 13.2. The molecule has 0 radical (unpaired) electrons. The van der Waals surface area contributed by atoms with E-state index in [2.05, 4.69) is 32.9 Å². The third-order valence-corrected chi connectivity index (χ3v) is 4.04. The highest BCUT2D eigenvalue weighted by Gasteiger charge is 2.07. The van der Waals surface area contributed by atoms with Crippen LogP contribution in [0.15, 0.2) is 53.7 Å². The minimum absolute atomic E-state index is 0.709. The Hall–Kier alpha value is -2.53. The Morgan fingerprint density at radius 3 is 3.04 bits per heavy atom. The molecule has 6 heteroatoms. The van der Waals surface area contributed by atoms with Gasteiger partial charge < -0.3 is 10.6 Å². The zero-order chi connectivity index (χ0) is 15.6. The van der Waals surface area contributed by atoms with E-state index in [-0.39, 0.29) is 0 Å². The van der Waals surface area contributed by atoms with Gasteiger partial charge in [0.15, 0.2) is 5.96 Å². The molecule has 1 aliphatic heterocycles. The third-order valence-electron chi connectivity index (χ3n) is 3.80. The molecule has 0 fully saturated rings. The number of halogens is 1. The summed E-state index contributed by atoms with van der Waals surface area (Å²) in [5.74, 6) is 0.835. The molecule has 116 valence electrons. The van der Waals surface area contributed by atoms with Gasteiger partial charge in [-0.1, -0.05) is 23.7 Å². The van der Waals surface area contributed by atoms with E-state index in [0.717, 1.165) is 40.7 Å². The first kappa shape index (κ1) is 14.1. The fraction of sp³-hybridized carbons (Fsp3) is 0.176.